The fourth-order valence-electron chi connectivity index (χ4n) is 4.29. The molecule has 2 aromatic rings. The molecule has 0 aromatic heterocycles. The van der Waals surface area contributed by atoms with Crippen molar-refractivity contribution in [1.82, 2.24) is 9.80 Å². The number of likely N-dealkylation sites (tertiary alicyclic amines) is 1. The Bertz CT molecular complexity index is 1010. The third kappa shape index (κ3) is 3.63. The zero-order valence-electron chi connectivity index (χ0n) is 17.6. The van der Waals surface area contributed by atoms with Gasteiger partial charge < -0.3 is 9.80 Å². The number of aryl methyl sites for hydroxylation is 1. The number of likely N-dealkylation sites (N-methyl/N-ethyl adjacent to an activating group) is 1. The Kier molecular flexibility index (Phi) is 5.43. The van der Waals surface area contributed by atoms with Gasteiger partial charge in [-0.25, -0.2) is 9.29 Å². The summed E-state index contributed by atoms with van der Waals surface area (Å²) in [6.07, 6.45) is 1.83. The van der Waals surface area contributed by atoms with Crippen molar-refractivity contribution in [2.24, 2.45) is 0 Å². The molecule has 0 atom stereocenters. The summed E-state index contributed by atoms with van der Waals surface area (Å²) >= 11 is 0. The molecule has 0 saturated carbocycles. The number of carbonyl (C=O) groups is 2. The summed E-state index contributed by atoms with van der Waals surface area (Å²) in [5, 5.41) is 0. The van der Waals surface area contributed by atoms with Crippen LogP contribution in [-0.4, -0.2) is 54.8 Å². The van der Waals surface area contributed by atoms with E-state index < -0.39 is 0 Å². The third-order valence-corrected chi connectivity index (χ3v) is 6.04. The molecule has 156 valence electrons. The number of amides is 2. The number of benzene rings is 2. The van der Waals surface area contributed by atoms with Gasteiger partial charge in [0.25, 0.3) is 11.8 Å². The van der Waals surface area contributed by atoms with Crippen LogP contribution in [0.15, 0.2) is 54.2 Å². The SMILES string of the molecule is Cc1cccc(N2C(=O)C(c3ccc(F)cc3)=C(N(C)C3CCN(C)CC3)C2=O)c1. The topological polar surface area (TPSA) is 43.9 Å². The predicted molar refractivity (Wildman–Crippen MR) is 115 cm³/mol. The van der Waals surface area contributed by atoms with Crippen molar-refractivity contribution in [3.63, 3.8) is 0 Å². The van der Waals surface area contributed by atoms with Crippen LogP contribution in [0.25, 0.3) is 5.57 Å². The molecule has 2 amide bonds. The molecule has 0 radical (unpaired) electrons. The summed E-state index contributed by atoms with van der Waals surface area (Å²) in [6.45, 7) is 3.81. The smallest absolute Gasteiger partial charge is 0.282 e. The molecular weight excluding hydrogens is 381 g/mol. The van der Waals surface area contributed by atoms with Gasteiger partial charge in [0.1, 0.15) is 11.5 Å². The van der Waals surface area contributed by atoms with Crippen LogP contribution >= 0.6 is 0 Å². The van der Waals surface area contributed by atoms with Crippen molar-refractivity contribution in [1.29, 1.82) is 0 Å². The lowest BCUT2D eigenvalue weighted by atomic mass is 10.00. The van der Waals surface area contributed by atoms with Gasteiger partial charge in [0, 0.05) is 13.1 Å². The highest BCUT2D eigenvalue weighted by Crippen LogP contribution is 2.36. The summed E-state index contributed by atoms with van der Waals surface area (Å²) in [7, 11) is 3.98. The van der Waals surface area contributed by atoms with Crippen LogP contribution in [0.2, 0.25) is 0 Å². The van der Waals surface area contributed by atoms with Crippen molar-refractivity contribution in [2.75, 3.05) is 32.1 Å². The summed E-state index contributed by atoms with van der Waals surface area (Å²) in [5.41, 5.74) is 2.80. The molecule has 1 fully saturated rings. The van der Waals surface area contributed by atoms with E-state index in [1.165, 1.54) is 17.0 Å². The van der Waals surface area contributed by atoms with Crippen molar-refractivity contribution in [3.8, 4) is 0 Å². The molecule has 30 heavy (non-hydrogen) atoms. The van der Waals surface area contributed by atoms with E-state index in [0.717, 1.165) is 31.5 Å². The van der Waals surface area contributed by atoms with E-state index >= 15 is 0 Å². The maximum Gasteiger partial charge on any atom is 0.282 e. The lowest BCUT2D eigenvalue weighted by Gasteiger charge is -2.36. The van der Waals surface area contributed by atoms with E-state index in [1.54, 1.807) is 18.2 Å². The van der Waals surface area contributed by atoms with Crippen LogP contribution in [0, 0.1) is 12.7 Å². The number of imide groups is 1. The summed E-state index contributed by atoms with van der Waals surface area (Å²) < 4.78 is 13.5. The predicted octanol–water partition coefficient (Wildman–Crippen LogP) is 3.44. The number of rotatable bonds is 4. The molecule has 0 unspecified atom stereocenters. The second kappa shape index (κ2) is 8.03. The molecule has 2 aliphatic heterocycles. The zero-order valence-corrected chi connectivity index (χ0v) is 17.6. The highest BCUT2D eigenvalue weighted by Gasteiger charge is 2.43. The Morgan fingerprint density at radius 2 is 1.67 bits per heavy atom. The Morgan fingerprint density at radius 1 is 1.00 bits per heavy atom. The maximum absolute atomic E-state index is 13.5. The van der Waals surface area contributed by atoms with E-state index in [4.69, 9.17) is 0 Å². The molecule has 2 aromatic carbocycles. The third-order valence-electron chi connectivity index (χ3n) is 6.04. The second-order valence-corrected chi connectivity index (χ2v) is 8.16. The number of carbonyl (C=O) groups excluding carboxylic acids is 2. The number of halogens is 1. The maximum atomic E-state index is 13.5. The average molecular weight is 407 g/mol. The Hall–Kier alpha value is -2.99. The van der Waals surface area contributed by atoms with Gasteiger partial charge in [-0.1, -0.05) is 24.3 Å². The quantitative estimate of drug-likeness (QED) is 0.729. The van der Waals surface area contributed by atoms with E-state index in [2.05, 4.69) is 11.9 Å². The van der Waals surface area contributed by atoms with Gasteiger partial charge in [0.2, 0.25) is 0 Å². The first kappa shape index (κ1) is 20.3. The molecule has 4 rings (SSSR count). The molecule has 6 heteroatoms. The molecule has 5 nitrogen and oxygen atoms in total. The van der Waals surface area contributed by atoms with Gasteiger partial charge in [-0.05, 0) is 75.3 Å². The minimum Gasteiger partial charge on any atom is -0.366 e. The molecule has 0 bridgehead atoms. The number of hydrogen-bond acceptors (Lipinski definition) is 4. The summed E-state index contributed by atoms with van der Waals surface area (Å²) in [5.74, 6) is -1.07. The van der Waals surface area contributed by atoms with Gasteiger partial charge in [-0.2, -0.15) is 0 Å². The van der Waals surface area contributed by atoms with E-state index in [-0.39, 0.29) is 23.7 Å². The van der Waals surface area contributed by atoms with Crippen LogP contribution in [-0.2, 0) is 9.59 Å². The highest BCUT2D eigenvalue weighted by molar-refractivity contribution is 6.45. The van der Waals surface area contributed by atoms with Crippen LogP contribution in [0.5, 0.6) is 0 Å². The molecule has 0 N–H and O–H groups in total. The first-order chi connectivity index (χ1) is 14.4. The first-order valence-electron chi connectivity index (χ1n) is 10.2. The highest BCUT2D eigenvalue weighted by atomic mass is 19.1. The van der Waals surface area contributed by atoms with Crippen LogP contribution in [0.4, 0.5) is 10.1 Å². The van der Waals surface area contributed by atoms with Crippen LogP contribution < -0.4 is 4.90 Å². The Morgan fingerprint density at radius 3 is 2.30 bits per heavy atom. The van der Waals surface area contributed by atoms with Gasteiger partial charge in [-0.3, -0.25) is 9.59 Å². The van der Waals surface area contributed by atoms with E-state index in [1.807, 2.05) is 37.1 Å². The Balaban J connectivity index is 1.79. The van der Waals surface area contributed by atoms with Crippen LogP contribution in [0.3, 0.4) is 0 Å². The molecule has 2 heterocycles. The standard InChI is InChI=1S/C24H26FN3O2/c1-16-5-4-6-20(15-16)28-23(29)21(17-7-9-18(25)10-8-17)22(24(28)30)27(3)19-11-13-26(2)14-12-19/h4-10,15,19H,11-14H2,1-3H3. The normalized spacial score (nSPS) is 18.5. The summed E-state index contributed by atoms with van der Waals surface area (Å²) in [6, 6.07) is 13.3. The van der Waals surface area contributed by atoms with E-state index in [0.29, 0.717) is 22.5 Å². The lowest BCUT2D eigenvalue weighted by Crippen LogP contribution is -2.43. The first-order valence-corrected chi connectivity index (χ1v) is 10.2. The fourth-order valence-corrected chi connectivity index (χ4v) is 4.29. The van der Waals surface area contributed by atoms with E-state index in [9.17, 15) is 14.0 Å². The number of anilines is 1. The zero-order chi connectivity index (χ0) is 21.4. The second-order valence-electron chi connectivity index (χ2n) is 8.16. The van der Waals surface area contributed by atoms with Gasteiger partial charge in [0.05, 0.1) is 11.3 Å². The van der Waals surface area contributed by atoms with Crippen molar-refractivity contribution in [3.05, 3.63) is 71.2 Å². The largest absolute Gasteiger partial charge is 0.366 e. The molecule has 2 aliphatic rings. The number of piperidine rings is 1. The van der Waals surface area contributed by atoms with Gasteiger partial charge >= 0.3 is 0 Å². The van der Waals surface area contributed by atoms with Gasteiger partial charge in [0.15, 0.2) is 0 Å². The minimum atomic E-state index is -0.378. The lowest BCUT2D eigenvalue weighted by molar-refractivity contribution is -0.120. The van der Waals surface area contributed by atoms with Crippen molar-refractivity contribution in [2.45, 2.75) is 25.8 Å². The molecule has 0 spiro atoms. The summed E-state index contributed by atoms with van der Waals surface area (Å²) in [4.78, 5) is 32.5. The van der Waals surface area contributed by atoms with Gasteiger partial charge in [-0.15, -0.1) is 0 Å². The van der Waals surface area contributed by atoms with Crippen molar-refractivity contribution < 1.29 is 14.0 Å². The molecular formula is C24H26FN3O2. The number of nitrogens with zero attached hydrogens (tertiary/aromatic N) is 3. The Labute approximate surface area is 176 Å². The van der Waals surface area contributed by atoms with Crippen molar-refractivity contribution >= 4 is 23.1 Å². The number of hydrogen-bond donors (Lipinski definition) is 0. The molecule has 0 aliphatic carbocycles. The van der Waals surface area contributed by atoms with Crippen LogP contribution in [0.1, 0.15) is 24.0 Å². The average Bonchev–Trinajstić information content (AvgIpc) is 2.99. The fraction of sp³-hybridized carbons (Fsp3) is 0.333. The molecule has 1 saturated heterocycles. The minimum absolute atomic E-state index is 0.167. The monoisotopic (exact) mass is 407 g/mol.